The molecule has 1 aromatic carbocycles. The number of hydrogen-bond acceptors (Lipinski definition) is 8. The largest absolute Gasteiger partial charge is 0.387 e. The van der Waals surface area contributed by atoms with Gasteiger partial charge in [0.15, 0.2) is 16.1 Å². The minimum atomic E-state index is -2.91. The summed E-state index contributed by atoms with van der Waals surface area (Å²) in [5.41, 5.74) is 2.42. The zero-order chi connectivity index (χ0) is 38.8. The van der Waals surface area contributed by atoms with Crippen LogP contribution in [-0.4, -0.2) is 91.2 Å². The van der Waals surface area contributed by atoms with E-state index in [9.17, 15) is 23.7 Å². The molecule has 0 aromatic heterocycles. The highest BCUT2D eigenvalue weighted by atomic mass is 32.2. The highest BCUT2D eigenvalue weighted by Gasteiger charge is 2.69. The van der Waals surface area contributed by atoms with E-state index in [-0.39, 0.29) is 50.5 Å². The average Bonchev–Trinajstić information content (AvgIpc) is 3.09. The molecule has 10 atom stereocenters. The van der Waals surface area contributed by atoms with Gasteiger partial charge in [0.1, 0.15) is 0 Å². The lowest BCUT2D eigenvalue weighted by Crippen LogP contribution is -2.70. The predicted octanol–water partition coefficient (Wildman–Crippen LogP) is 6.85. The van der Waals surface area contributed by atoms with Gasteiger partial charge in [-0.2, -0.15) is 0 Å². The summed E-state index contributed by atoms with van der Waals surface area (Å²) >= 11 is 0. The van der Waals surface area contributed by atoms with Gasteiger partial charge >= 0.3 is 0 Å². The number of aliphatic hydroxyl groups excluding tert-OH is 1. The molecule has 0 radical (unpaired) electrons. The molecule has 1 aromatic rings. The molecule has 10 unspecified atom stereocenters. The number of fused-ring (bicyclic) bond motifs is 5. The zero-order valence-corrected chi connectivity index (χ0v) is 35.2. The van der Waals surface area contributed by atoms with E-state index in [1.54, 1.807) is 7.11 Å². The monoisotopic (exact) mass is 757 g/mol. The third-order valence-electron chi connectivity index (χ3n) is 17.1. The Morgan fingerprint density at radius 2 is 1.62 bits per heavy atom. The van der Waals surface area contributed by atoms with Gasteiger partial charge in [-0.25, -0.2) is 8.42 Å². The summed E-state index contributed by atoms with van der Waals surface area (Å²) in [4.78, 5) is 2.30. The summed E-state index contributed by atoms with van der Waals surface area (Å²) in [6, 6.07) is 7.83. The Labute approximate surface area is 321 Å². The fraction of sp³-hybridized carbons (Fsp3) is 0.818. The highest BCUT2D eigenvalue weighted by molar-refractivity contribution is 7.91. The highest BCUT2D eigenvalue weighted by Crippen LogP contribution is 2.76. The van der Waals surface area contributed by atoms with E-state index in [4.69, 9.17) is 4.74 Å². The first-order valence-corrected chi connectivity index (χ1v) is 22.6. The maximum absolute atomic E-state index is 12.1. The Hall–Kier alpha value is -1.33. The molecule has 4 N–H and O–H groups in total. The predicted molar refractivity (Wildman–Crippen MR) is 214 cm³/mol. The van der Waals surface area contributed by atoms with Gasteiger partial charge in [0.05, 0.1) is 23.7 Å². The van der Waals surface area contributed by atoms with Gasteiger partial charge in [0.2, 0.25) is 0 Å². The summed E-state index contributed by atoms with van der Waals surface area (Å²) in [7, 11) is -1.22. The lowest BCUT2D eigenvalue weighted by molar-refractivity contribution is -0.234. The van der Waals surface area contributed by atoms with Crippen LogP contribution in [0.25, 0.3) is 5.57 Å². The van der Waals surface area contributed by atoms with E-state index in [2.05, 4.69) is 76.9 Å². The van der Waals surface area contributed by atoms with Gasteiger partial charge < -0.3 is 30.3 Å². The fourth-order valence-electron chi connectivity index (χ4n) is 13.8. The van der Waals surface area contributed by atoms with E-state index >= 15 is 0 Å². The summed E-state index contributed by atoms with van der Waals surface area (Å²) in [6.45, 7) is 22.6. The van der Waals surface area contributed by atoms with Crippen molar-refractivity contribution in [3.63, 3.8) is 0 Å². The van der Waals surface area contributed by atoms with Crippen molar-refractivity contribution in [2.24, 2.45) is 51.2 Å². The van der Waals surface area contributed by atoms with Gasteiger partial charge in [-0.15, -0.1) is 0 Å². The van der Waals surface area contributed by atoms with Crippen molar-refractivity contribution in [1.82, 2.24) is 10.2 Å². The quantitative estimate of drug-likeness (QED) is 0.181. The summed E-state index contributed by atoms with van der Waals surface area (Å²) < 4.78 is 29.9. The maximum Gasteiger partial charge on any atom is 0.178 e. The molecule has 1 aliphatic heterocycles. The number of rotatable bonds is 11. The molecule has 3 saturated carbocycles. The zero-order valence-electron chi connectivity index (χ0n) is 34.4. The number of nitrogens with one attached hydrogen (secondary N) is 1. The van der Waals surface area contributed by atoms with E-state index in [1.165, 1.54) is 30.4 Å². The Morgan fingerprint density at radius 3 is 2.23 bits per heavy atom. The van der Waals surface area contributed by atoms with E-state index in [0.29, 0.717) is 43.0 Å². The van der Waals surface area contributed by atoms with Crippen molar-refractivity contribution in [2.75, 3.05) is 51.4 Å². The normalized spacial score (nSPS) is 40.0. The third kappa shape index (κ3) is 6.92. The summed E-state index contributed by atoms with van der Waals surface area (Å²) in [6.07, 6.45) is 10.1. The number of sulfone groups is 1. The molecular weight excluding hydrogens is 685 g/mol. The van der Waals surface area contributed by atoms with Crippen LogP contribution in [0.4, 0.5) is 0 Å². The molecule has 300 valence electrons. The van der Waals surface area contributed by atoms with Crippen LogP contribution in [0.2, 0.25) is 0 Å². The number of benzene rings is 1. The van der Waals surface area contributed by atoms with Gasteiger partial charge in [0.25, 0.3) is 0 Å². The van der Waals surface area contributed by atoms with Crippen molar-refractivity contribution in [3.05, 3.63) is 41.5 Å². The Kier molecular flexibility index (Phi) is 11.3. The first kappa shape index (κ1) is 41.3. The molecule has 0 amide bonds. The fourth-order valence-corrected chi connectivity index (χ4v) is 15.1. The summed E-state index contributed by atoms with van der Waals surface area (Å²) in [5, 5.41) is 35.6. The van der Waals surface area contributed by atoms with Crippen molar-refractivity contribution < 1.29 is 28.5 Å². The number of nitrogens with zero attached hydrogens (tertiary/aromatic N) is 1. The topological polar surface area (TPSA) is 119 Å². The minimum absolute atomic E-state index is 0.0177. The van der Waals surface area contributed by atoms with Crippen LogP contribution in [0.15, 0.2) is 30.3 Å². The lowest BCUT2D eigenvalue weighted by atomic mass is 9.32. The molecule has 9 heteroatoms. The number of methoxy groups -OCH3 is 1. The van der Waals surface area contributed by atoms with Crippen LogP contribution in [0.1, 0.15) is 124 Å². The van der Waals surface area contributed by atoms with Gasteiger partial charge in [0, 0.05) is 44.4 Å². The number of hydrogen-bond donors (Lipinski definition) is 4. The maximum atomic E-state index is 12.1. The van der Waals surface area contributed by atoms with Crippen molar-refractivity contribution in [2.45, 2.75) is 124 Å². The molecule has 0 bridgehead atoms. The molecule has 6 rings (SSSR count). The Bertz CT molecular complexity index is 1590. The molecule has 5 aliphatic rings. The third-order valence-corrected chi connectivity index (χ3v) is 18.7. The van der Waals surface area contributed by atoms with Crippen LogP contribution in [0.3, 0.4) is 0 Å². The summed E-state index contributed by atoms with van der Waals surface area (Å²) in [5.74, 6) is 2.36. The molecule has 1 heterocycles. The SMILES string of the molecule is CCC1(NCCN2CCS(=O)(=O)CC2)CCC2(C)C(CCC3C4(C)CC=C(c5ccc(C(O)O)cc5)C(C)(C)C4CCC32C)C1C(C)C(C)(O)COC. The first-order valence-electron chi connectivity index (χ1n) is 20.8. The molecule has 4 aliphatic carbocycles. The van der Waals surface area contributed by atoms with Crippen LogP contribution in [0.5, 0.6) is 0 Å². The molecule has 1 saturated heterocycles. The molecule has 53 heavy (non-hydrogen) atoms. The van der Waals surface area contributed by atoms with Crippen molar-refractivity contribution >= 4 is 15.4 Å². The van der Waals surface area contributed by atoms with Gasteiger partial charge in [-0.05, 0) is 121 Å². The number of allylic oxidation sites excluding steroid dienone is 2. The van der Waals surface area contributed by atoms with Crippen molar-refractivity contribution in [3.8, 4) is 0 Å². The second-order valence-corrected chi connectivity index (χ2v) is 22.0. The minimum Gasteiger partial charge on any atom is -0.387 e. The average molecular weight is 757 g/mol. The van der Waals surface area contributed by atoms with E-state index < -0.39 is 21.7 Å². The standard InChI is InChI=1S/C44H72N2O6S/c1-10-44(45-23-24-46-25-27-53(50,51)28-26-46)22-21-41(6)34(37(44)30(2)43(8,49)29-52-9)15-16-36-40(5)19-17-33(31-11-13-32(14-12-31)38(47)48)39(3,4)35(40)18-20-42(36,41)7/h11-14,17,30,34-38,45,47-49H,10,15-16,18-29H2,1-9H3. The number of ether oxygens (including phenoxy) is 1. The second-order valence-electron chi connectivity index (χ2n) is 19.7. The number of aliphatic hydroxyl groups is 3. The van der Waals surface area contributed by atoms with Crippen LogP contribution >= 0.6 is 0 Å². The molecule has 0 spiro atoms. The van der Waals surface area contributed by atoms with Crippen LogP contribution in [0, 0.1) is 51.2 Å². The first-order chi connectivity index (χ1) is 24.7. The lowest BCUT2D eigenvalue weighted by Gasteiger charge is -2.73. The molecule has 4 fully saturated rings. The van der Waals surface area contributed by atoms with Crippen LogP contribution in [-0.2, 0) is 14.6 Å². The van der Waals surface area contributed by atoms with Gasteiger partial charge in [-0.3, -0.25) is 0 Å². The van der Waals surface area contributed by atoms with Crippen LogP contribution < -0.4 is 5.32 Å². The smallest absolute Gasteiger partial charge is 0.178 e. The Morgan fingerprint density at radius 1 is 0.962 bits per heavy atom. The van der Waals surface area contributed by atoms with E-state index in [1.807, 2.05) is 19.1 Å². The van der Waals surface area contributed by atoms with Gasteiger partial charge in [-0.1, -0.05) is 78.8 Å². The van der Waals surface area contributed by atoms with E-state index in [0.717, 1.165) is 45.2 Å². The Balaban J connectivity index is 1.31. The second kappa shape index (κ2) is 14.6. The molecule has 8 nitrogen and oxygen atoms in total. The van der Waals surface area contributed by atoms with Crippen molar-refractivity contribution in [1.29, 1.82) is 0 Å². The molecular formula is C44H72N2O6S.